The molecule has 0 aliphatic heterocycles. The Balaban J connectivity index is 1.97. The third kappa shape index (κ3) is 3.22. The third-order valence-electron chi connectivity index (χ3n) is 4.77. The summed E-state index contributed by atoms with van der Waals surface area (Å²) in [5, 5.41) is 11.1. The van der Waals surface area contributed by atoms with Gasteiger partial charge >= 0.3 is 0 Å². The number of hydrogen-bond donors (Lipinski definition) is 1. The molecule has 2 atom stereocenters. The number of nitrogens with one attached hydrogen (secondary N) is 1. The van der Waals surface area contributed by atoms with Crippen LogP contribution < -0.4 is 0 Å². The lowest BCUT2D eigenvalue weighted by atomic mass is 9.75. The van der Waals surface area contributed by atoms with Crippen LogP contribution in [0, 0.1) is 18.3 Å². The monoisotopic (exact) mass is 326 g/mol. The molecule has 1 saturated carbocycles. The van der Waals surface area contributed by atoms with Gasteiger partial charge in [0.05, 0.1) is 6.07 Å². The maximum atomic E-state index is 9.84. The zero-order chi connectivity index (χ0) is 16.7. The topological polar surface area (TPSA) is 48.8 Å². The minimum absolute atomic E-state index is 0.399. The lowest BCUT2D eigenvalue weighted by Crippen LogP contribution is -2.44. The number of para-hydroxylation sites is 1. The summed E-state index contributed by atoms with van der Waals surface area (Å²) in [5.41, 5.74) is 3.22. The van der Waals surface area contributed by atoms with Gasteiger partial charge in [0.15, 0.2) is 8.32 Å². The molecular weight excluding hydrogens is 300 g/mol. The van der Waals surface area contributed by atoms with Gasteiger partial charge in [-0.3, -0.25) is 0 Å². The second kappa shape index (κ2) is 5.81. The van der Waals surface area contributed by atoms with Crippen LogP contribution in [0.1, 0.15) is 42.9 Å². The van der Waals surface area contributed by atoms with E-state index in [1.165, 1.54) is 22.2 Å². The Bertz CT molecular complexity index is 753. The minimum atomic E-state index is -1.75. The van der Waals surface area contributed by atoms with E-state index in [1.807, 2.05) is 0 Å². The first-order valence-electron chi connectivity index (χ1n) is 8.52. The van der Waals surface area contributed by atoms with Crippen LogP contribution in [0.15, 0.2) is 24.3 Å². The molecule has 1 aliphatic carbocycles. The molecule has 23 heavy (non-hydrogen) atoms. The van der Waals surface area contributed by atoms with Crippen molar-refractivity contribution in [3.05, 3.63) is 35.5 Å². The summed E-state index contributed by atoms with van der Waals surface area (Å²) in [5.74, 6) is 0.399. The van der Waals surface area contributed by atoms with Crippen LogP contribution in [0.3, 0.4) is 0 Å². The molecule has 1 aliphatic rings. The van der Waals surface area contributed by atoms with E-state index >= 15 is 0 Å². The van der Waals surface area contributed by atoms with Crippen molar-refractivity contribution in [1.82, 2.24) is 4.98 Å². The standard InChI is InChI=1S/C19H26N2OSi/c1-14-18(16-9-5-6-10-17(16)21-14)15-8-7-11-19(12-15,13-20)22-23(2,3)4/h5-6,9-10,15,21H,7-8,11-12H2,1-4H3/t15-,19+/m0/s1. The Morgan fingerprint density at radius 2 is 2.04 bits per heavy atom. The smallest absolute Gasteiger partial charge is 0.185 e. The van der Waals surface area contributed by atoms with Gasteiger partial charge in [0.25, 0.3) is 0 Å². The Labute approximate surface area is 139 Å². The SMILES string of the molecule is Cc1[nH]c2ccccc2c1[C@H]1CCC[C@@](C#N)(O[Si](C)(C)C)C1. The molecule has 1 fully saturated rings. The Kier molecular flexibility index (Phi) is 4.12. The third-order valence-corrected chi connectivity index (χ3v) is 5.77. The fourth-order valence-corrected chi connectivity index (χ4v) is 5.51. The van der Waals surface area contributed by atoms with Crippen LogP contribution in [0.5, 0.6) is 0 Å². The van der Waals surface area contributed by atoms with Crippen LogP contribution >= 0.6 is 0 Å². The molecule has 0 spiro atoms. The zero-order valence-corrected chi connectivity index (χ0v) is 15.6. The molecule has 1 heterocycles. The van der Waals surface area contributed by atoms with Crippen LogP contribution in [0.2, 0.25) is 19.6 Å². The van der Waals surface area contributed by atoms with E-state index in [2.05, 4.69) is 61.9 Å². The van der Waals surface area contributed by atoms with Gasteiger partial charge in [-0.2, -0.15) is 5.26 Å². The number of aromatic amines is 1. The number of hydrogen-bond acceptors (Lipinski definition) is 2. The Hall–Kier alpha value is -1.57. The van der Waals surface area contributed by atoms with Crippen molar-refractivity contribution < 1.29 is 4.43 Å². The van der Waals surface area contributed by atoms with E-state index in [-0.39, 0.29) is 0 Å². The molecule has 0 unspecified atom stereocenters. The molecule has 2 aromatic rings. The maximum absolute atomic E-state index is 9.84. The molecular formula is C19H26N2OSi. The van der Waals surface area contributed by atoms with Crippen molar-refractivity contribution in [2.45, 2.75) is 63.8 Å². The van der Waals surface area contributed by atoms with E-state index in [1.54, 1.807) is 0 Å². The number of H-pyrrole nitrogens is 1. The first-order chi connectivity index (χ1) is 10.8. The first-order valence-corrected chi connectivity index (χ1v) is 11.9. The highest BCUT2D eigenvalue weighted by Crippen LogP contribution is 2.44. The number of rotatable bonds is 3. The number of nitriles is 1. The number of fused-ring (bicyclic) bond motifs is 1. The fraction of sp³-hybridized carbons (Fsp3) is 0.526. The van der Waals surface area contributed by atoms with Crippen LogP contribution in [0.4, 0.5) is 0 Å². The van der Waals surface area contributed by atoms with Crippen molar-refractivity contribution in [3.8, 4) is 6.07 Å². The molecule has 1 aromatic heterocycles. The zero-order valence-electron chi connectivity index (χ0n) is 14.6. The molecule has 0 bridgehead atoms. The molecule has 0 radical (unpaired) electrons. The number of benzene rings is 1. The van der Waals surface area contributed by atoms with Gasteiger partial charge in [0.2, 0.25) is 0 Å². The van der Waals surface area contributed by atoms with Crippen molar-refractivity contribution in [2.24, 2.45) is 0 Å². The van der Waals surface area contributed by atoms with Crippen molar-refractivity contribution in [2.75, 3.05) is 0 Å². The summed E-state index contributed by atoms with van der Waals surface area (Å²) in [7, 11) is -1.75. The molecule has 4 heteroatoms. The summed E-state index contributed by atoms with van der Waals surface area (Å²) >= 11 is 0. The van der Waals surface area contributed by atoms with Crippen LogP contribution in [-0.4, -0.2) is 18.9 Å². The summed E-state index contributed by atoms with van der Waals surface area (Å²) in [6.45, 7) is 8.67. The van der Waals surface area contributed by atoms with Crippen molar-refractivity contribution >= 4 is 19.2 Å². The lowest BCUT2D eigenvalue weighted by Gasteiger charge is -2.40. The second-order valence-electron chi connectivity index (χ2n) is 7.82. The van der Waals surface area contributed by atoms with Gasteiger partial charge < -0.3 is 9.41 Å². The van der Waals surface area contributed by atoms with Crippen molar-refractivity contribution in [1.29, 1.82) is 5.26 Å². The van der Waals surface area contributed by atoms with E-state index < -0.39 is 13.9 Å². The summed E-state index contributed by atoms with van der Waals surface area (Å²) < 4.78 is 6.36. The van der Waals surface area contributed by atoms with E-state index in [4.69, 9.17) is 4.43 Å². The average Bonchev–Trinajstić information content (AvgIpc) is 2.81. The van der Waals surface area contributed by atoms with Crippen LogP contribution in [-0.2, 0) is 4.43 Å². The summed E-state index contributed by atoms with van der Waals surface area (Å²) in [4.78, 5) is 3.50. The molecule has 1 aromatic carbocycles. The highest BCUT2D eigenvalue weighted by Gasteiger charge is 2.42. The van der Waals surface area contributed by atoms with E-state index in [9.17, 15) is 5.26 Å². The van der Waals surface area contributed by atoms with Gasteiger partial charge in [-0.05, 0) is 69.8 Å². The van der Waals surface area contributed by atoms with Gasteiger partial charge in [-0.1, -0.05) is 18.2 Å². The van der Waals surface area contributed by atoms with Crippen molar-refractivity contribution in [3.63, 3.8) is 0 Å². The first kappa shape index (κ1) is 16.3. The second-order valence-corrected chi connectivity index (χ2v) is 12.3. The fourth-order valence-electron chi connectivity index (χ4n) is 4.11. The normalized spacial score (nSPS) is 25.4. The van der Waals surface area contributed by atoms with Crippen LogP contribution in [0.25, 0.3) is 10.9 Å². The van der Waals surface area contributed by atoms with E-state index in [0.717, 1.165) is 25.7 Å². The average molecular weight is 327 g/mol. The highest BCUT2D eigenvalue weighted by molar-refractivity contribution is 6.69. The molecule has 0 saturated heterocycles. The summed E-state index contributed by atoms with van der Waals surface area (Å²) in [6, 6.07) is 11.0. The predicted molar refractivity (Wildman–Crippen MR) is 97.0 cm³/mol. The molecule has 1 N–H and O–H groups in total. The maximum Gasteiger partial charge on any atom is 0.185 e. The lowest BCUT2D eigenvalue weighted by molar-refractivity contribution is 0.0681. The molecule has 3 rings (SSSR count). The predicted octanol–water partition coefficient (Wildman–Crippen LogP) is 5.25. The number of nitrogens with zero attached hydrogens (tertiary/aromatic N) is 1. The quantitative estimate of drug-likeness (QED) is 0.783. The number of aryl methyl sites for hydroxylation is 1. The van der Waals surface area contributed by atoms with Gasteiger partial charge in [0, 0.05) is 16.6 Å². The number of aromatic nitrogens is 1. The van der Waals surface area contributed by atoms with Gasteiger partial charge in [-0.15, -0.1) is 0 Å². The largest absolute Gasteiger partial charge is 0.400 e. The minimum Gasteiger partial charge on any atom is -0.400 e. The summed E-state index contributed by atoms with van der Waals surface area (Å²) in [6.07, 6.45) is 3.88. The Morgan fingerprint density at radius 1 is 1.30 bits per heavy atom. The molecule has 3 nitrogen and oxygen atoms in total. The van der Waals surface area contributed by atoms with E-state index in [0.29, 0.717) is 5.92 Å². The molecule has 0 amide bonds. The Morgan fingerprint density at radius 3 is 2.74 bits per heavy atom. The highest BCUT2D eigenvalue weighted by atomic mass is 28.4. The molecule has 122 valence electrons. The van der Waals surface area contributed by atoms with Gasteiger partial charge in [-0.25, -0.2) is 0 Å². The van der Waals surface area contributed by atoms with Gasteiger partial charge in [0.1, 0.15) is 5.60 Å².